The molecule has 8 nitrogen and oxygen atoms in total. The number of ketones is 1. The molecule has 1 N–H and O–H groups in total. The van der Waals surface area contributed by atoms with Crippen LogP contribution >= 0.6 is 0 Å². The van der Waals surface area contributed by atoms with Crippen molar-refractivity contribution < 1.29 is 33.3 Å². The normalized spacial score (nSPS) is 17.5. The number of hydrogen-bond donors (Lipinski definition) is 1. The lowest BCUT2D eigenvalue weighted by Crippen LogP contribution is -2.35. The zero-order valence-electron chi connectivity index (χ0n) is 19.2. The molecule has 0 spiro atoms. The number of carbonyl (C=O) groups excluding carboxylic acids is 2. The highest BCUT2D eigenvalue weighted by Crippen LogP contribution is 2.44. The second-order valence-corrected chi connectivity index (χ2v) is 7.75. The number of methoxy groups -OCH3 is 3. The van der Waals surface area contributed by atoms with E-state index < -0.39 is 29.3 Å². The van der Waals surface area contributed by atoms with E-state index in [4.69, 9.17) is 14.2 Å². The van der Waals surface area contributed by atoms with Crippen LogP contribution in [0.25, 0.3) is 5.76 Å². The number of aliphatic hydroxyl groups is 1. The molecule has 1 fully saturated rings. The maximum absolute atomic E-state index is 14.3. The minimum Gasteiger partial charge on any atom is -0.507 e. The molecule has 0 aliphatic carbocycles. The number of halogens is 1. The fraction of sp³-hybridized carbons (Fsp3) is 0.333. The summed E-state index contributed by atoms with van der Waals surface area (Å²) in [6.07, 6.45) is 0. The van der Waals surface area contributed by atoms with Crippen molar-refractivity contribution in [2.75, 3.05) is 48.5 Å². The Morgan fingerprint density at radius 1 is 1.03 bits per heavy atom. The van der Waals surface area contributed by atoms with Crippen molar-refractivity contribution in [2.45, 2.75) is 6.04 Å². The molecular formula is C24H27FN2O6. The van der Waals surface area contributed by atoms with Crippen molar-refractivity contribution in [3.63, 3.8) is 0 Å². The Morgan fingerprint density at radius 3 is 2.27 bits per heavy atom. The van der Waals surface area contributed by atoms with Gasteiger partial charge >= 0.3 is 0 Å². The Morgan fingerprint density at radius 2 is 1.70 bits per heavy atom. The van der Waals surface area contributed by atoms with Crippen LogP contribution in [0.2, 0.25) is 0 Å². The smallest absolute Gasteiger partial charge is 0.295 e. The summed E-state index contributed by atoms with van der Waals surface area (Å²) in [5.74, 6) is -1.94. The Kier molecular flexibility index (Phi) is 7.23. The van der Waals surface area contributed by atoms with Crippen LogP contribution in [-0.4, -0.2) is 75.1 Å². The average Bonchev–Trinajstić information content (AvgIpc) is 3.06. The molecule has 9 heteroatoms. The summed E-state index contributed by atoms with van der Waals surface area (Å²) >= 11 is 0. The predicted octanol–water partition coefficient (Wildman–Crippen LogP) is 2.83. The summed E-state index contributed by atoms with van der Waals surface area (Å²) in [5, 5.41) is 11.1. The van der Waals surface area contributed by atoms with Crippen LogP contribution in [0.1, 0.15) is 17.2 Å². The van der Waals surface area contributed by atoms with Crippen LogP contribution in [-0.2, 0) is 9.59 Å². The molecular weight excluding hydrogens is 431 g/mol. The van der Waals surface area contributed by atoms with Crippen molar-refractivity contribution >= 4 is 17.4 Å². The molecule has 1 saturated heterocycles. The van der Waals surface area contributed by atoms with Crippen molar-refractivity contribution in [1.29, 1.82) is 0 Å². The van der Waals surface area contributed by atoms with E-state index in [1.165, 1.54) is 38.4 Å². The molecule has 176 valence electrons. The number of hydrogen-bond acceptors (Lipinski definition) is 7. The predicted molar refractivity (Wildman–Crippen MR) is 120 cm³/mol. The molecule has 33 heavy (non-hydrogen) atoms. The number of nitrogens with zero attached hydrogens (tertiary/aromatic N) is 2. The maximum atomic E-state index is 14.3. The minimum absolute atomic E-state index is 0.0102. The summed E-state index contributed by atoms with van der Waals surface area (Å²) in [7, 11) is 7.98. The minimum atomic E-state index is -0.958. The summed E-state index contributed by atoms with van der Waals surface area (Å²) in [6, 6.07) is 7.86. The van der Waals surface area contributed by atoms with E-state index in [0.29, 0.717) is 23.6 Å². The van der Waals surface area contributed by atoms with Gasteiger partial charge in [0.05, 0.1) is 32.9 Å². The highest BCUT2D eigenvalue weighted by atomic mass is 19.1. The molecule has 1 amide bonds. The van der Waals surface area contributed by atoms with Crippen LogP contribution in [0, 0.1) is 5.82 Å². The Balaban J connectivity index is 2.24. The molecule has 0 saturated carbocycles. The van der Waals surface area contributed by atoms with Gasteiger partial charge in [-0.05, 0) is 50.5 Å². The lowest BCUT2D eigenvalue weighted by molar-refractivity contribution is -0.140. The first-order chi connectivity index (χ1) is 15.7. The molecule has 1 atom stereocenters. The van der Waals surface area contributed by atoms with E-state index in [0.717, 1.165) is 6.07 Å². The quantitative estimate of drug-likeness (QED) is 0.370. The van der Waals surface area contributed by atoms with Crippen LogP contribution < -0.4 is 14.2 Å². The summed E-state index contributed by atoms with van der Waals surface area (Å²) in [4.78, 5) is 29.4. The van der Waals surface area contributed by atoms with Gasteiger partial charge in [0.15, 0.2) is 11.6 Å². The lowest BCUT2D eigenvalue weighted by atomic mass is 9.94. The number of ether oxygens (including phenoxy) is 3. The number of aliphatic hydroxyl groups excluding tert-OH is 1. The molecule has 0 aromatic heterocycles. The maximum Gasteiger partial charge on any atom is 0.295 e. The van der Waals surface area contributed by atoms with E-state index in [1.54, 1.807) is 18.2 Å². The van der Waals surface area contributed by atoms with Crippen molar-refractivity contribution in [1.82, 2.24) is 9.80 Å². The standard InChI is InChI=1S/C24H27FN2O6/c1-26(2)10-11-27-21(16-13-15(31-3)7-9-18(16)32-4)20(23(29)24(27)30)22(28)14-6-8-19(33-5)17(25)12-14/h6-9,12-13,21,28H,10-11H2,1-5H3/t21-/m0/s1. The zero-order chi connectivity index (χ0) is 24.3. The first-order valence-electron chi connectivity index (χ1n) is 10.2. The molecule has 0 bridgehead atoms. The number of amides is 1. The van der Waals surface area contributed by atoms with Crippen LogP contribution in [0.15, 0.2) is 42.0 Å². The zero-order valence-corrected chi connectivity index (χ0v) is 19.2. The van der Waals surface area contributed by atoms with Gasteiger partial charge in [-0.3, -0.25) is 9.59 Å². The molecule has 1 aliphatic heterocycles. The summed E-state index contributed by atoms with van der Waals surface area (Å²) in [6.45, 7) is 0.698. The van der Waals surface area contributed by atoms with E-state index >= 15 is 0 Å². The Hall–Kier alpha value is -3.59. The fourth-order valence-corrected chi connectivity index (χ4v) is 3.76. The van der Waals surface area contributed by atoms with Crippen LogP contribution in [0.3, 0.4) is 0 Å². The Labute approximate surface area is 191 Å². The number of likely N-dealkylation sites (tertiary alicyclic amines) is 1. The summed E-state index contributed by atoms with van der Waals surface area (Å²) < 4.78 is 30.1. The number of benzene rings is 2. The van der Waals surface area contributed by atoms with E-state index in [1.807, 2.05) is 19.0 Å². The van der Waals surface area contributed by atoms with Gasteiger partial charge < -0.3 is 29.1 Å². The number of likely N-dealkylation sites (N-methyl/N-ethyl adjacent to an activating group) is 1. The third kappa shape index (κ3) is 4.63. The van der Waals surface area contributed by atoms with Crippen LogP contribution in [0.4, 0.5) is 4.39 Å². The number of carbonyl (C=O) groups is 2. The largest absolute Gasteiger partial charge is 0.507 e. The van der Waals surface area contributed by atoms with Crippen molar-refractivity contribution in [2.24, 2.45) is 0 Å². The van der Waals surface area contributed by atoms with Gasteiger partial charge in [-0.2, -0.15) is 0 Å². The Bertz CT molecular complexity index is 1100. The topological polar surface area (TPSA) is 88.5 Å². The second-order valence-electron chi connectivity index (χ2n) is 7.75. The highest BCUT2D eigenvalue weighted by Gasteiger charge is 2.47. The summed E-state index contributed by atoms with van der Waals surface area (Å²) in [5.41, 5.74) is 0.353. The first-order valence-corrected chi connectivity index (χ1v) is 10.2. The van der Waals surface area contributed by atoms with Gasteiger partial charge in [0.2, 0.25) is 0 Å². The van der Waals surface area contributed by atoms with Gasteiger partial charge in [-0.1, -0.05) is 0 Å². The lowest BCUT2D eigenvalue weighted by Gasteiger charge is -2.28. The van der Waals surface area contributed by atoms with Crippen molar-refractivity contribution in [3.05, 3.63) is 58.9 Å². The third-order valence-electron chi connectivity index (χ3n) is 5.48. The van der Waals surface area contributed by atoms with Gasteiger partial charge in [-0.15, -0.1) is 0 Å². The number of rotatable bonds is 8. The van der Waals surface area contributed by atoms with Gasteiger partial charge in [0.1, 0.15) is 17.3 Å². The van der Waals surface area contributed by atoms with Gasteiger partial charge in [0, 0.05) is 24.2 Å². The average molecular weight is 458 g/mol. The third-order valence-corrected chi connectivity index (χ3v) is 5.48. The van der Waals surface area contributed by atoms with Crippen molar-refractivity contribution in [3.8, 4) is 17.2 Å². The monoisotopic (exact) mass is 458 g/mol. The molecule has 0 radical (unpaired) electrons. The van der Waals surface area contributed by atoms with Crippen LogP contribution in [0.5, 0.6) is 17.2 Å². The van der Waals surface area contributed by atoms with E-state index in [2.05, 4.69) is 0 Å². The highest BCUT2D eigenvalue weighted by molar-refractivity contribution is 6.46. The van der Waals surface area contributed by atoms with Gasteiger partial charge in [-0.25, -0.2) is 4.39 Å². The molecule has 2 aromatic carbocycles. The molecule has 0 unspecified atom stereocenters. The van der Waals surface area contributed by atoms with E-state index in [9.17, 15) is 19.1 Å². The van der Waals surface area contributed by atoms with E-state index in [-0.39, 0.29) is 23.4 Å². The fourth-order valence-electron chi connectivity index (χ4n) is 3.76. The second kappa shape index (κ2) is 9.91. The SMILES string of the molecule is COc1ccc(OC)c([C@H]2C(=C(O)c3ccc(OC)c(F)c3)C(=O)C(=O)N2CCN(C)C)c1. The first kappa shape index (κ1) is 24.1. The number of Topliss-reactive ketones (excluding diaryl/α,β-unsaturated/α-hetero) is 1. The van der Waals surface area contributed by atoms with Gasteiger partial charge in [0.25, 0.3) is 11.7 Å². The molecule has 1 heterocycles. The molecule has 2 aromatic rings. The molecule has 1 aliphatic rings. The molecule has 3 rings (SSSR count).